The maximum absolute atomic E-state index is 6.35. The molecule has 2 aromatic heterocycles. The van der Waals surface area contributed by atoms with Gasteiger partial charge in [-0.05, 0) is 88.5 Å². The number of hydrogen-bond acceptors (Lipinski definition) is 2. The molecule has 1 aliphatic carbocycles. The van der Waals surface area contributed by atoms with Crippen LogP contribution in [-0.2, 0) is 5.41 Å². The van der Waals surface area contributed by atoms with Gasteiger partial charge in [0, 0.05) is 43.9 Å². The maximum Gasteiger partial charge on any atom is 0.136 e. The van der Waals surface area contributed by atoms with Gasteiger partial charge in [0.1, 0.15) is 11.2 Å². The van der Waals surface area contributed by atoms with Gasteiger partial charge >= 0.3 is 0 Å². The first kappa shape index (κ1) is 30.8. The zero-order chi connectivity index (χ0) is 36.0. The highest BCUT2D eigenvalue weighted by molar-refractivity contribution is 6.17. The molecule has 0 amide bonds. The molecule has 3 nitrogen and oxygen atoms in total. The lowest BCUT2D eigenvalue weighted by Gasteiger charge is -2.30. The van der Waals surface area contributed by atoms with Crippen molar-refractivity contribution in [3.8, 4) is 27.9 Å². The average Bonchev–Trinajstić information content (AvgIpc) is 3.85. The molecule has 54 heavy (non-hydrogen) atoms. The van der Waals surface area contributed by atoms with Crippen LogP contribution < -0.4 is 4.90 Å². The third-order valence-electron chi connectivity index (χ3n) is 11.6. The standard InChI is InChI=1S/C51H36N2O/c1-51(2)40-24-9-6-20-37(40)49-41(51)25-14-27-43(49)53(35-19-12-16-33(32-35)36-23-13-31-47-48(36)39-22-8-11-30-46(39)54-47)45-29-15-28-44-50(45)38-21-7-10-26-42(38)52(44)34-17-4-3-5-18-34/h3-32H,1-2H3. The molecule has 0 bridgehead atoms. The lowest BCUT2D eigenvalue weighted by molar-refractivity contribution is 0.660. The van der Waals surface area contributed by atoms with Crippen LogP contribution in [0, 0.1) is 0 Å². The fourth-order valence-corrected chi connectivity index (χ4v) is 9.20. The Bertz CT molecular complexity index is 3090. The first-order chi connectivity index (χ1) is 26.6. The monoisotopic (exact) mass is 692 g/mol. The van der Waals surface area contributed by atoms with Crippen LogP contribution in [0.2, 0.25) is 0 Å². The van der Waals surface area contributed by atoms with Gasteiger partial charge in [-0.15, -0.1) is 0 Å². The summed E-state index contributed by atoms with van der Waals surface area (Å²) in [5.41, 5.74) is 16.1. The average molecular weight is 693 g/mol. The molecule has 11 rings (SSSR count). The summed E-state index contributed by atoms with van der Waals surface area (Å²) in [6, 6.07) is 65.9. The van der Waals surface area contributed by atoms with E-state index in [4.69, 9.17) is 4.42 Å². The topological polar surface area (TPSA) is 21.3 Å². The Kier molecular flexibility index (Phi) is 6.60. The Morgan fingerprint density at radius 3 is 2.04 bits per heavy atom. The van der Waals surface area contributed by atoms with Crippen LogP contribution in [0.3, 0.4) is 0 Å². The molecule has 2 heterocycles. The van der Waals surface area contributed by atoms with Crippen molar-refractivity contribution < 1.29 is 4.42 Å². The van der Waals surface area contributed by atoms with Gasteiger partial charge in [-0.25, -0.2) is 0 Å². The van der Waals surface area contributed by atoms with Gasteiger partial charge in [-0.2, -0.15) is 0 Å². The van der Waals surface area contributed by atoms with Crippen molar-refractivity contribution in [2.75, 3.05) is 4.90 Å². The predicted molar refractivity (Wildman–Crippen MR) is 226 cm³/mol. The van der Waals surface area contributed by atoms with Crippen LogP contribution in [0.5, 0.6) is 0 Å². The Hall–Kier alpha value is -6.84. The third-order valence-corrected chi connectivity index (χ3v) is 11.6. The number of rotatable bonds is 5. The number of para-hydroxylation sites is 3. The van der Waals surface area contributed by atoms with Crippen LogP contribution in [0.4, 0.5) is 17.1 Å². The van der Waals surface area contributed by atoms with Crippen molar-refractivity contribution in [2.24, 2.45) is 0 Å². The minimum Gasteiger partial charge on any atom is -0.456 e. The molecule has 8 aromatic carbocycles. The number of nitrogens with zero attached hydrogens (tertiary/aromatic N) is 2. The zero-order valence-electron chi connectivity index (χ0n) is 30.1. The predicted octanol–water partition coefficient (Wildman–Crippen LogP) is 14.1. The summed E-state index contributed by atoms with van der Waals surface area (Å²) in [6.07, 6.45) is 0. The second kappa shape index (κ2) is 11.6. The Morgan fingerprint density at radius 2 is 1.13 bits per heavy atom. The highest BCUT2D eigenvalue weighted by Gasteiger charge is 2.38. The van der Waals surface area contributed by atoms with Crippen LogP contribution in [0.15, 0.2) is 186 Å². The third kappa shape index (κ3) is 4.36. The van der Waals surface area contributed by atoms with Gasteiger partial charge in [-0.3, -0.25) is 0 Å². The summed E-state index contributed by atoms with van der Waals surface area (Å²) in [5.74, 6) is 0. The maximum atomic E-state index is 6.35. The van der Waals surface area contributed by atoms with E-state index in [-0.39, 0.29) is 5.41 Å². The van der Waals surface area contributed by atoms with Crippen molar-refractivity contribution in [3.05, 3.63) is 193 Å². The number of fused-ring (bicyclic) bond motifs is 9. The van der Waals surface area contributed by atoms with E-state index in [1.54, 1.807) is 0 Å². The number of benzene rings is 8. The lowest BCUT2D eigenvalue weighted by atomic mass is 9.82. The van der Waals surface area contributed by atoms with E-state index in [9.17, 15) is 0 Å². The normalized spacial score (nSPS) is 13.1. The number of aromatic nitrogens is 1. The minimum atomic E-state index is -0.136. The minimum absolute atomic E-state index is 0.136. The zero-order valence-corrected chi connectivity index (χ0v) is 30.1. The van der Waals surface area contributed by atoms with Crippen molar-refractivity contribution in [2.45, 2.75) is 19.3 Å². The van der Waals surface area contributed by atoms with Crippen molar-refractivity contribution in [1.29, 1.82) is 0 Å². The summed E-state index contributed by atoms with van der Waals surface area (Å²) in [7, 11) is 0. The van der Waals surface area contributed by atoms with Crippen LogP contribution in [0.1, 0.15) is 25.0 Å². The first-order valence-electron chi connectivity index (χ1n) is 18.7. The molecular weight excluding hydrogens is 657 g/mol. The summed E-state index contributed by atoms with van der Waals surface area (Å²) >= 11 is 0. The van der Waals surface area contributed by atoms with E-state index < -0.39 is 0 Å². The summed E-state index contributed by atoms with van der Waals surface area (Å²) < 4.78 is 8.75. The van der Waals surface area contributed by atoms with Gasteiger partial charge in [0.15, 0.2) is 0 Å². The molecule has 0 saturated heterocycles. The van der Waals surface area contributed by atoms with Gasteiger partial charge in [0.2, 0.25) is 0 Å². The van der Waals surface area contributed by atoms with Gasteiger partial charge in [-0.1, -0.05) is 135 Å². The van der Waals surface area contributed by atoms with Crippen LogP contribution in [0.25, 0.3) is 71.7 Å². The molecule has 0 unspecified atom stereocenters. The van der Waals surface area contributed by atoms with Crippen LogP contribution in [-0.4, -0.2) is 4.57 Å². The fraction of sp³-hybridized carbons (Fsp3) is 0.0588. The molecule has 0 fully saturated rings. The molecule has 0 atom stereocenters. The molecular formula is C51H36N2O. The highest BCUT2D eigenvalue weighted by Crippen LogP contribution is 2.55. The highest BCUT2D eigenvalue weighted by atomic mass is 16.3. The van der Waals surface area contributed by atoms with Crippen LogP contribution >= 0.6 is 0 Å². The SMILES string of the molecule is CC1(C)c2ccccc2-c2c(N(c3cccc(-c4cccc5oc6ccccc6c45)c3)c3cccc4c3c3ccccc3n4-c3ccccc3)cccc21. The number of hydrogen-bond donors (Lipinski definition) is 0. The summed E-state index contributed by atoms with van der Waals surface area (Å²) in [6.45, 7) is 4.72. The smallest absolute Gasteiger partial charge is 0.136 e. The van der Waals surface area contributed by atoms with Crippen molar-refractivity contribution >= 4 is 60.8 Å². The quantitative estimate of drug-likeness (QED) is 0.179. The van der Waals surface area contributed by atoms with E-state index in [0.717, 1.165) is 50.1 Å². The second-order valence-corrected chi connectivity index (χ2v) is 14.9. The Morgan fingerprint density at radius 1 is 0.481 bits per heavy atom. The molecule has 1 aliphatic rings. The molecule has 256 valence electrons. The summed E-state index contributed by atoms with van der Waals surface area (Å²) in [5, 5.41) is 4.70. The second-order valence-electron chi connectivity index (χ2n) is 14.9. The van der Waals surface area contributed by atoms with E-state index in [2.05, 4.69) is 199 Å². The molecule has 10 aromatic rings. The van der Waals surface area contributed by atoms with Gasteiger partial charge in [0.05, 0.1) is 22.4 Å². The molecule has 0 N–H and O–H groups in total. The molecule has 0 spiro atoms. The van der Waals surface area contributed by atoms with E-state index >= 15 is 0 Å². The Balaban J connectivity index is 1.23. The largest absolute Gasteiger partial charge is 0.456 e. The van der Waals surface area contributed by atoms with E-state index in [1.807, 2.05) is 6.07 Å². The first-order valence-corrected chi connectivity index (χ1v) is 18.7. The van der Waals surface area contributed by atoms with E-state index in [0.29, 0.717) is 0 Å². The summed E-state index contributed by atoms with van der Waals surface area (Å²) in [4.78, 5) is 2.51. The molecule has 0 aliphatic heterocycles. The Labute approximate surface area is 314 Å². The van der Waals surface area contributed by atoms with Gasteiger partial charge in [0.25, 0.3) is 0 Å². The van der Waals surface area contributed by atoms with Crippen molar-refractivity contribution in [3.63, 3.8) is 0 Å². The van der Waals surface area contributed by atoms with E-state index in [1.165, 1.54) is 49.7 Å². The molecule has 3 heteroatoms. The number of furan rings is 1. The number of anilines is 3. The van der Waals surface area contributed by atoms with Gasteiger partial charge < -0.3 is 13.9 Å². The molecule has 0 saturated carbocycles. The lowest BCUT2D eigenvalue weighted by Crippen LogP contribution is -2.16. The van der Waals surface area contributed by atoms with Crippen molar-refractivity contribution in [1.82, 2.24) is 4.57 Å². The molecule has 0 radical (unpaired) electrons. The fourth-order valence-electron chi connectivity index (χ4n) is 9.20.